The van der Waals surface area contributed by atoms with E-state index in [9.17, 15) is 14.7 Å². The maximum atomic E-state index is 12.5. The first-order valence-electron chi connectivity index (χ1n) is 7.91. The van der Waals surface area contributed by atoms with E-state index in [1.54, 1.807) is 16.7 Å². The second kappa shape index (κ2) is 7.73. The van der Waals surface area contributed by atoms with Crippen molar-refractivity contribution >= 4 is 29.4 Å². The van der Waals surface area contributed by atoms with Gasteiger partial charge in [0.2, 0.25) is 0 Å². The van der Waals surface area contributed by atoms with E-state index < -0.39 is 11.9 Å². The lowest BCUT2D eigenvalue weighted by Crippen LogP contribution is -2.47. The lowest BCUT2D eigenvalue weighted by Gasteiger charge is -2.34. The highest BCUT2D eigenvalue weighted by Crippen LogP contribution is 2.31. The van der Waals surface area contributed by atoms with Crippen molar-refractivity contribution in [1.29, 1.82) is 0 Å². The Bertz CT molecular complexity index is 577. The van der Waals surface area contributed by atoms with Gasteiger partial charge in [0.25, 0.3) is 0 Å². The Kier molecular flexibility index (Phi) is 5.93. The summed E-state index contributed by atoms with van der Waals surface area (Å²) in [5, 5.41) is 12.6. The molecule has 126 valence electrons. The number of carbonyl (C=O) groups excluding carboxylic acids is 1. The average Bonchev–Trinajstić information content (AvgIpc) is 2.48. The number of amides is 2. The van der Waals surface area contributed by atoms with Crippen LogP contribution < -0.4 is 5.32 Å². The third-order valence-corrected chi connectivity index (χ3v) is 4.87. The Morgan fingerprint density at radius 2 is 2.00 bits per heavy atom. The molecule has 2 N–H and O–H groups in total. The first-order chi connectivity index (χ1) is 10.9. The first kappa shape index (κ1) is 17.7. The normalized spacial score (nSPS) is 21.3. The summed E-state index contributed by atoms with van der Waals surface area (Å²) < 4.78 is 0. The Hall–Kier alpha value is -1.69. The van der Waals surface area contributed by atoms with Crippen LogP contribution in [-0.2, 0) is 4.79 Å². The number of piperidine rings is 1. The molecule has 23 heavy (non-hydrogen) atoms. The molecule has 1 aromatic carbocycles. The summed E-state index contributed by atoms with van der Waals surface area (Å²) in [6.45, 7) is 7.05. The van der Waals surface area contributed by atoms with Crippen molar-refractivity contribution in [3.8, 4) is 0 Å². The van der Waals surface area contributed by atoms with Crippen molar-refractivity contribution in [3.63, 3.8) is 0 Å². The van der Waals surface area contributed by atoms with Crippen LogP contribution in [0.3, 0.4) is 0 Å². The number of carboxylic acid groups (broad SMARTS) is 1. The molecule has 5 nitrogen and oxygen atoms in total. The van der Waals surface area contributed by atoms with E-state index >= 15 is 0 Å². The Morgan fingerprint density at radius 3 is 2.65 bits per heavy atom. The van der Waals surface area contributed by atoms with Crippen molar-refractivity contribution in [2.75, 3.05) is 18.4 Å². The maximum absolute atomic E-state index is 12.5. The van der Waals surface area contributed by atoms with Gasteiger partial charge in [0.15, 0.2) is 0 Å². The number of nitrogens with one attached hydrogen (secondary N) is 1. The third-order valence-electron chi connectivity index (χ3n) is 3.79. The number of anilines is 1. The topological polar surface area (TPSA) is 69.6 Å². The number of thioether (sulfide) groups is 1. The minimum atomic E-state index is -0.829. The molecule has 0 bridgehead atoms. The number of hydrogen-bond acceptors (Lipinski definition) is 3. The zero-order valence-electron chi connectivity index (χ0n) is 13.8. The van der Waals surface area contributed by atoms with Crippen LogP contribution in [0.4, 0.5) is 10.5 Å². The van der Waals surface area contributed by atoms with Crippen LogP contribution in [0.1, 0.15) is 27.2 Å². The van der Waals surface area contributed by atoms with Gasteiger partial charge in [-0.3, -0.25) is 4.79 Å². The van der Waals surface area contributed by atoms with Gasteiger partial charge in [-0.2, -0.15) is 0 Å². The summed E-state index contributed by atoms with van der Waals surface area (Å²) in [4.78, 5) is 26.4. The molecule has 2 atom stereocenters. The Labute approximate surface area is 141 Å². The smallest absolute Gasteiger partial charge is 0.321 e. The zero-order valence-corrected chi connectivity index (χ0v) is 14.6. The molecule has 1 aliphatic rings. The van der Waals surface area contributed by atoms with E-state index in [4.69, 9.17) is 0 Å². The van der Waals surface area contributed by atoms with Crippen molar-refractivity contribution in [2.24, 2.45) is 11.8 Å². The number of nitrogens with zero attached hydrogens (tertiary/aromatic N) is 1. The molecule has 0 spiro atoms. The van der Waals surface area contributed by atoms with Gasteiger partial charge in [-0.25, -0.2) is 4.79 Å². The van der Waals surface area contributed by atoms with Crippen LogP contribution in [0.5, 0.6) is 0 Å². The first-order valence-corrected chi connectivity index (χ1v) is 8.79. The van der Waals surface area contributed by atoms with Gasteiger partial charge in [-0.15, -0.1) is 11.8 Å². The standard InChI is InChI=1S/C17H24N2O3S/c1-11(2)23-15-7-5-4-6-14(15)18-17(22)19-9-12(3)8-13(10-19)16(20)21/h4-7,11-13H,8-10H2,1-3H3,(H,18,22)(H,20,21). The molecular formula is C17H24N2O3S. The van der Waals surface area contributed by atoms with Crippen molar-refractivity contribution in [2.45, 2.75) is 37.3 Å². The molecule has 2 unspecified atom stereocenters. The fourth-order valence-corrected chi connectivity index (χ4v) is 3.73. The fourth-order valence-electron chi connectivity index (χ4n) is 2.82. The quantitative estimate of drug-likeness (QED) is 0.821. The highest BCUT2D eigenvalue weighted by atomic mass is 32.2. The van der Waals surface area contributed by atoms with E-state index in [2.05, 4.69) is 19.2 Å². The molecule has 1 aliphatic heterocycles. The summed E-state index contributed by atoms with van der Waals surface area (Å²) in [5.41, 5.74) is 0.779. The summed E-state index contributed by atoms with van der Waals surface area (Å²) in [5.74, 6) is -1.12. The predicted octanol–water partition coefficient (Wildman–Crippen LogP) is 3.76. The molecule has 0 aromatic heterocycles. The third kappa shape index (κ3) is 4.89. The van der Waals surface area contributed by atoms with Crippen LogP contribution >= 0.6 is 11.8 Å². The molecule has 1 aromatic rings. The number of aliphatic carboxylic acids is 1. The molecule has 1 fully saturated rings. The summed E-state index contributed by atoms with van der Waals surface area (Å²) >= 11 is 1.69. The average molecular weight is 336 g/mol. The minimum absolute atomic E-state index is 0.191. The fraction of sp³-hybridized carbons (Fsp3) is 0.529. The second-order valence-corrected chi connectivity index (χ2v) is 7.99. The van der Waals surface area contributed by atoms with Crippen LogP contribution in [0.2, 0.25) is 0 Å². The zero-order chi connectivity index (χ0) is 17.0. The van der Waals surface area contributed by atoms with Gasteiger partial charge >= 0.3 is 12.0 Å². The Morgan fingerprint density at radius 1 is 1.30 bits per heavy atom. The van der Waals surface area contributed by atoms with Crippen LogP contribution in [0.25, 0.3) is 0 Å². The summed E-state index contributed by atoms with van der Waals surface area (Å²) in [6, 6.07) is 7.48. The van der Waals surface area contributed by atoms with Crippen molar-refractivity contribution in [3.05, 3.63) is 24.3 Å². The number of hydrogen-bond donors (Lipinski definition) is 2. The molecular weight excluding hydrogens is 312 g/mol. The van der Waals surface area contributed by atoms with Gasteiger partial charge < -0.3 is 15.3 Å². The highest BCUT2D eigenvalue weighted by Gasteiger charge is 2.32. The van der Waals surface area contributed by atoms with E-state index in [-0.39, 0.29) is 18.5 Å². The molecule has 0 radical (unpaired) electrons. The van der Waals surface area contributed by atoms with Crippen LogP contribution in [-0.4, -0.2) is 40.3 Å². The number of urea groups is 1. The van der Waals surface area contributed by atoms with Gasteiger partial charge in [0.05, 0.1) is 11.6 Å². The van der Waals surface area contributed by atoms with Gasteiger partial charge in [-0.05, 0) is 24.5 Å². The van der Waals surface area contributed by atoms with E-state index in [1.807, 2.05) is 31.2 Å². The molecule has 0 aliphatic carbocycles. The minimum Gasteiger partial charge on any atom is -0.481 e. The predicted molar refractivity (Wildman–Crippen MR) is 92.9 cm³/mol. The lowest BCUT2D eigenvalue weighted by molar-refractivity contribution is -0.143. The SMILES string of the molecule is CC1CC(C(=O)O)CN(C(=O)Nc2ccccc2SC(C)C)C1. The highest BCUT2D eigenvalue weighted by molar-refractivity contribution is 8.00. The number of carboxylic acids is 1. The molecule has 6 heteroatoms. The van der Waals surface area contributed by atoms with E-state index in [1.165, 1.54) is 0 Å². The van der Waals surface area contributed by atoms with E-state index in [0.717, 1.165) is 10.6 Å². The van der Waals surface area contributed by atoms with E-state index in [0.29, 0.717) is 18.2 Å². The van der Waals surface area contributed by atoms with Gasteiger partial charge in [0, 0.05) is 23.2 Å². The lowest BCUT2D eigenvalue weighted by atomic mass is 9.91. The summed E-state index contributed by atoms with van der Waals surface area (Å²) in [7, 11) is 0. The number of carbonyl (C=O) groups is 2. The van der Waals surface area contributed by atoms with Crippen molar-refractivity contribution in [1.82, 2.24) is 4.90 Å². The van der Waals surface area contributed by atoms with Gasteiger partial charge in [0.1, 0.15) is 0 Å². The Balaban J connectivity index is 2.08. The molecule has 2 rings (SSSR count). The molecule has 1 saturated heterocycles. The van der Waals surface area contributed by atoms with Crippen molar-refractivity contribution < 1.29 is 14.7 Å². The van der Waals surface area contributed by atoms with Crippen LogP contribution in [0.15, 0.2) is 29.2 Å². The van der Waals surface area contributed by atoms with Gasteiger partial charge in [-0.1, -0.05) is 32.9 Å². The number of rotatable bonds is 4. The second-order valence-electron chi connectivity index (χ2n) is 6.37. The maximum Gasteiger partial charge on any atom is 0.321 e. The number of likely N-dealkylation sites (tertiary alicyclic amines) is 1. The molecule has 2 amide bonds. The molecule has 0 saturated carbocycles. The van der Waals surface area contributed by atoms with Crippen LogP contribution in [0, 0.1) is 11.8 Å². The monoisotopic (exact) mass is 336 g/mol. The molecule has 1 heterocycles. The number of para-hydroxylation sites is 1. The summed E-state index contributed by atoms with van der Waals surface area (Å²) in [6.07, 6.45) is 0.624. The number of benzene rings is 1. The largest absolute Gasteiger partial charge is 0.481 e.